The predicted molar refractivity (Wildman–Crippen MR) is 265 cm³/mol. The van der Waals surface area contributed by atoms with Crippen molar-refractivity contribution in [2.24, 2.45) is 5.92 Å². The van der Waals surface area contributed by atoms with Crippen molar-refractivity contribution in [3.05, 3.63) is 223 Å². The molecule has 1 unspecified atom stereocenters. The van der Waals surface area contributed by atoms with Crippen LogP contribution in [0, 0.1) is 5.92 Å². The molecule has 0 fully saturated rings. The number of para-hydroxylation sites is 1. The van der Waals surface area contributed by atoms with Crippen LogP contribution < -0.4 is 4.90 Å². The predicted octanol–water partition coefficient (Wildman–Crippen LogP) is 17.0. The minimum absolute atomic E-state index is 0.233. The molecule has 0 amide bonds. The van der Waals surface area contributed by atoms with Crippen molar-refractivity contribution in [1.82, 2.24) is 0 Å². The first-order valence-corrected chi connectivity index (χ1v) is 21.8. The summed E-state index contributed by atoms with van der Waals surface area (Å²) in [7, 11) is 0. The number of furan rings is 1. The summed E-state index contributed by atoms with van der Waals surface area (Å²) < 4.78 is 6.33. The highest BCUT2D eigenvalue weighted by atomic mass is 16.3. The quantitative estimate of drug-likeness (QED) is 0.167. The number of fused-ring (bicyclic) bond motifs is 8. The zero-order valence-electron chi connectivity index (χ0n) is 34.6. The first kappa shape index (κ1) is 36.2. The fraction of sp³-hybridized carbons (Fsp3) is 0.0667. The number of rotatable bonds is 6. The Labute approximate surface area is 361 Å². The second kappa shape index (κ2) is 14.8. The molecular weight excluding hydrogens is 751 g/mol. The third-order valence-corrected chi connectivity index (χ3v) is 13.1. The van der Waals surface area contributed by atoms with Crippen LogP contribution in [0.4, 0.5) is 11.4 Å². The van der Waals surface area contributed by atoms with Crippen LogP contribution in [0.15, 0.2) is 210 Å². The second-order valence-corrected chi connectivity index (χ2v) is 16.9. The van der Waals surface area contributed by atoms with Crippen LogP contribution in [0.25, 0.3) is 94.2 Å². The van der Waals surface area contributed by atoms with Crippen molar-refractivity contribution in [3.8, 4) is 22.3 Å². The largest absolute Gasteiger partial charge is 0.456 e. The van der Waals surface area contributed by atoms with Crippen molar-refractivity contribution in [2.45, 2.75) is 19.8 Å². The standard InChI is InChI=1S/C60H43NO/c1-39-33-43(45-27-31-55-54-21-11-12-22-59(54)62-60(55)38-45)28-32-57(39)61(58-37-47-15-3-2-4-17-50(47)52-19-9-10-20-53(52)58)49-29-25-41(26-30-49)56-36-48(35-46-16-7-8-18-51(46)56)44-24-23-40-13-5-6-14-42(40)34-44/h3-32,34-39H,2,33H2,1H3. The van der Waals surface area contributed by atoms with Gasteiger partial charge in [-0.05, 0) is 145 Å². The van der Waals surface area contributed by atoms with E-state index in [0.29, 0.717) is 0 Å². The minimum atomic E-state index is 0.233. The third kappa shape index (κ3) is 6.18. The average molecular weight is 794 g/mol. The van der Waals surface area contributed by atoms with Gasteiger partial charge in [-0.15, -0.1) is 0 Å². The van der Waals surface area contributed by atoms with Crippen LogP contribution in [-0.2, 0) is 0 Å². The lowest BCUT2D eigenvalue weighted by molar-refractivity contribution is 0.667. The van der Waals surface area contributed by atoms with Crippen LogP contribution >= 0.6 is 0 Å². The molecule has 2 aliphatic rings. The molecule has 0 spiro atoms. The van der Waals surface area contributed by atoms with Crippen molar-refractivity contribution >= 4 is 83.4 Å². The van der Waals surface area contributed by atoms with E-state index in [1.807, 2.05) is 6.07 Å². The molecule has 12 rings (SSSR count). The van der Waals surface area contributed by atoms with E-state index in [-0.39, 0.29) is 5.92 Å². The summed E-state index contributed by atoms with van der Waals surface area (Å²) in [4.78, 5) is 2.53. The summed E-state index contributed by atoms with van der Waals surface area (Å²) in [6.45, 7) is 2.37. The first-order valence-electron chi connectivity index (χ1n) is 21.8. The van der Waals surface area contributed by atoms with Crippen LogP contribution in [-0.4, -0.2) is 0 Å². The van der Waals surface area contributed by atoms with Gasteiger partial charge in [0.2, 0.25) is 0 Å². The Morgan fingerprint density at radius 1 is 0.484 bits per heavy atom. The number of allylic oxidation sites excluding steroid dienone is 6. The van der Waals surface area contributed by atoms with Gasteiger partial charge in [-0.3, -0.25) is 0 Å². The summed E-state index contributed by atoms with van der Waals surface area (Å²) in [6.07, 6.45) is 15.7. The Balaban J connectivity index is 0.999. The maximum absolute atomic E-state index is 6.33. The van der Waals surface area contributed by atoms with E-state index >= 15 is 0 Å². The zero-order chi connectivity index (χ0) is 41.1. The molecule has 0 aliphatic heterocycles. The zero-order valence-corrected chi connectivity index (χ0v) is 34.6. The highest BCUT2D eigenvalue weighted by molar-refractivity contribution is 6.07. The number of nitrogens with zero attached hydrogens (tertiary/aromatic N) is 1. The lowest BCUT2D eigenvalue weighted by atomic mass is 9.87. The normalized spacial score (nSPS) is 15.0. The molecule has 9 aromatic carbocycles. The van der Waals surface area contributed by atoms with Crippen molar-refractivity contribution in [1.29, 1.82) is 0 Å². The van der Waals surface area contributed by atoms with Gasteiger partial charge >= 0.3 is 0 Å². The Morgan fingerprint density at radius 3 is 2.02 bits per heavy atom. The molecule has 2 nitrogen and oxygen atoms in total. The van der Waals surface area contributed by atoms with E-state index in [1.165, 1.54) is 88.2 Å². The van der Waals surface area contributed by atoms with Crippen molar-refractivity contribution < 1.29 is 4.42 Å². The van der Waals surface area contributed by atoms with Crippen molar-refractivity contribution in [3.63, 3.8) is 0 Å². The van der Waals surface area contributed by atoms with Gasteiger partial charge in [0.25, 0.3) is 0 Å². The molecule has 0 saturated carbocycles. The molecule has 62 heavy (non-hydrogen) atoms. The summed E-state index contributed by atoms with van der Waals surface area (Å²) in [5, 5.41) is 9.82. The highest BCUT2D eigenvalue weighted by Crippen LogP contribution is 2.45. The average Bonchev–Trinajstić information content (AvgIpc) is 3.53. The molecular formula is C60H43NO. The van der Waals surface area contributed by atoms with Gasteiger partial charge in [-0.25, -0.2) is 0 Å². The Kier molecular flexibility index (Phi) is 8.64. The molecule has 1 aromatic heterocycles. The Morgan fingerprint density at radius 2 is 1.16 bits per heavy atom. The fourth-order valence-electron chi connectivity index (χ4n) is 9.96. The van der Waals surface area contributed by atoms with Gasteiger partial charge in [0.15, 0.2) is 0 Å². The molecule has 0 radical (unpaired) electrons. The van der Waals surface area contributed by atoms with Gasteiger partial charge in [0.05, 0.1) is 5.69 Å². The Bertz CT molecular complexity index is 3540. The smallest absolute Gasteiger partial charge is 0.136 e. The molecule has 0 saturated heterocycles. The van der Waals surface area contributed by atoms with Gasteiger partial charge in [-0.1, -0.05) is 159 Å². The molecule has 0 bridgehead atoms. The Hall–Kier alpha value is -7.68. The maximum Gasteiger partial charge on any atom is 0.136 e. The van der Waals surface area contributed by atoms with Gasteiger partial charge in [-0.2, -0.15) is 0 Å². The summed E-state index contributed by atoms with van der Waals surface area (Å²) in [5.74, 6) is 0.233. The van der Waals surface area contributed by atoms with Crippen LogP contribution in [0.2, 0.25) is 0 Å². The minimum Gasteiger partial charge on any atom is -0.456 e. The number of hydrogen-bond donors (Lipinski definition) is 0. The van der Waals surface area contributed by atoms with Gasteiger partial charge in [0.1, 0.15) is 11.2 Å². The number of hydrogen-bond acceptors (Lipinski definition) is 2. The van der Waals surface area contributed by atoms with E-state index < -0.39 is 0 Å². The van der Waals surface area contributed by atoms with Crippen LogP contribution in [0.5, 0.6) is 0 Å². The monoisotopic (exact) mass is 793 g/mol. The number of anilines is 2. The second-order valence-electron chi connectivity index (χ2n) is 16.9. The van der Waals surface area contributed by atoms with Gasteiger partial charge in [0, 0.05) is 33.5 Å². The molecule has 294 valence electrons. The molecule has 2 aliphatic carbocycles. The lowest BCUT2D eigenvalue weighted by Gasteiger charge is -2.35. The third-order valence-electron chi connectivity index (χ3n) is 13.1. The summed E-state index contributed by atoms with van der Waals surface area (Å²) in [5.41, 5.74) is 15.4. The van der Waals surface area contributed by atoms with E-state index in [9.17, 15) is 0 Å². The van der Waals surface area contributed by atoms with E-state index in [0.717, 1.165) is 40.5 Å². The molecule has 1 atom stereocenters. The van der Waals surface area contributed by atoms with Crippen LogP contribution in [0.1, 0.15) is 36.5 Å². The molecule has 1 heterocycles. The summed E-state index contributed by atoms with van der Waals surface area (Å²) >= 11 is 0. The fourth-order valence-corrected chi connectivity index (χ4v) is 9.96. The topological polar surface area (TPSA) is 16.4 Å². The van der Waals surface area contributed by atoms with Gasteiger partial charge < -0.3 is 9.32 Å². The SMILES string of the molecule is CC1CC(c2ccc3c(c2)oc2ccccc23)=CC=C1N(c1ccc(-c2cc(-c3ccc4ccccc4c3)cc3ccccc23)cc1)c1cc2c(c3ccccc13)C=CCC=C2. The van der Waals surface area contributed by atoms with E-state index in [2.05, 4.69) is 218 Å². The maximum atomic E-state index is 6.33. The van der Waals surface area contributed by atoms with Crippen LogP contribution in [0.3, 0.4) is 0 Å². The molecule has 10 aromatic rings. The van der Waals surface area contributed by atoms with E-state index in [4.69, 9.17) is 4.42 Å². The van der Waals surface area contributed by atoms with E-state index in [1.54, 1.807) is 0 Å². The first-order chi connectivity index (χ1) is 30.6. The number of benzene rings is 9. The lowest BCUT2D eigenvalue weighted by Crippen LogP contribution is -2.23. The molecule has 2 heteroatoms. The van der Waals surface area contributed by atoms with Crippen molar-refractivity contribution in [2.75, 3.05) is 4.90 Å². The summed E-state index contributed by atoms with van der Waals surface area (Å²) in [6, 6.07) is 64.5. The molecule has 0 N–H and O–H groups in total. The highest BCUT2D eigenvalue weighted by Gasteiger charge is 2.27.